The Morgan fingerprint density at radius 1 is 1.08 bits per heavy atom. The predicted molar refractivity (Wildman–Crippen MR) is 95.1 cm³/mol. The summed E-state index contributed by atoms with van der Waals surface area (Å²) >= 11 is 0. The number of aromatic nitrogens is 1. The van der Waals surface area contributed by atoms with E-state index in [9.17, 15) is 18.0 Å². The minimum Gasteiger partial charge on any atom is -0.461 e. The Morgan fingerprint density at radius 2 is 1.81 bits per heavy atom. The van der Waals surface area contributed by atoms with Crippen molar-refractivity contribution >= 4 is 21.9 Å². The zero-order chi connectivity index (χ0) is 19.0. The van der Waals surface area contributed by atoms with Gasteiger partial charge in [-0.25, -0.2) is 22.9 Å². The third kappa shape index (κ3) is 5.38. The molecule has 0 saturated heterocycles. The Labute approximate surface area is 152 Å². The number of esters is 1. The molecule has 0 radical (unpaired) electrons. The van der Waals surface area contributed by atoms with E-state index in [0.717, 1.165) is 25.5 Å². The van der Waals surface area contributed by atoms with Crippen LogP contribution in [-0.2, 0) is 14.8 Å². The first-order chi connectivity index (χ1) is 12.4. The van der Waals surface area contributed by atoms with Crippen molar-refractivity contribution in [2.75, 3.05) is 6.61 Å². The van der Waals surface area contributed by atoms with Crippen LogP contribution in [0.1, 0.15) is 47.0 Å². The lowest BCUT2D eigenvalue weighted by Gasteiger charge is -2.07. The maximum absolute atomic E-state index is 12.1. The number of ether oxygens (including phenoxy) is 1. The van der Waals surface area contributed by atoms with Crippen LogP contribution in [0.3, 0.4) is 0 Å². The monoisotopic (exact) mass is 376 g/mol. The van der Waals surface area contributed by atoms with E-state index in [1.807, 2.05) is 11.6 Å². The van der Waals surface area contributed by atoms with Gasteiger partial charge >= 0.3 is 5.97 Å². The van der Waals surface area contributed by atoms with Crippen LogP contribution >= 0.6 is 0 Å². The first-order valence-corrected chi connectivity index (χ1v) is 9.67. The van der Waals surface area contributed by atoms with Crippen LogP contribution in [0.2, 0.25) is 0 Å². The lowest BCUT2D eigenvalue weighted by atomic mass is 10.2. The van der Waals surface area contributed by atoms with Crippen molar-refractivity contribution in [1.29, 1.82) is 0 Å². The SMILES string of the molecule is CCCCCOC(=O)c1ccc(C(=O)NS(=O)(=O)c2ccccc2)cn1. The number of nitrogens with one attached hydrogen (secondary N) is 1. The molecule has 0 atom stereocenters. The number of carbonyl (C=O) groups excluding carboxylic acids is 2. The fourth-order valence-corrected chi connectivity index (χ4v) is 3.07. The van der Waals surface area contributed by atoms with Crippen LogP contribution in [0.15, 0.2) is 53.6 Å². The first-order valence-electron chi connectivity index (χ1n) is 8.19. The average Bonchev–Trinajstić information content (AvgIpc) is 2.65. The van der Waals surface area contributed by atoms with Crippen molar-refractivity contribution in [2.45, 2.75) is 31.1 Å². The zero-order valence-electron chi connectivity index (χ0n) is 14.3. The van der Waals surface area contributed by atoms with Crippen molar-refractivity contribution in [3.05, 3.63) is 59.9 Å². The van der Waals surface area contributed by atoms with Gasteiger partial charge in [-0.2, -0.15) is 0 Å². The van der Waals surface area contributed by atoms with Gasteiger partial charge in [-0.05, 0) is 30.7 Å². The summed E-state index contributed by atoms with van der Waals surface area (Å²) in [5, 5.41) is 0. The molecule has 1 amide bonds. The first kappa shape index (κ1) is 19.6. The molecule has 8 heteroatoms. The highest BCUT2D eigenvalue weighted by Gasteiger charge is 2.19. The third-order valence-corrected chi connectivity index (χ3v) is 4.84. The molecule has 1 aromatic heterocycles. The molecular formula is C18H20N2O5S. The minimum absolute atomic E-state index is 0.0198. The summed E-state index contributed by atoms with van der Waals surface area (Å²) in [4.78, 5) is 27.8. The number of hydrogen-bond donors (Lipinski definition) is 1. The van der Waals surface area contributed by atoms with Gasteiger partial charge in [0.15, 0.2) is 0 Å². The van der Waals surface area contributed by atoms with E-state index in [1.165, 1.54) is 24.3 Å². The molecule has 0 bridgehead atoms. The molecular weight excluding hydrogens is 356 g/mol. The van der Waals surface area contributed by atoms with Crippen LogP contribution in [0.5, 0.6) is 0 Å². The van der Waals surface area contributed by atoms with E-state index in [2.05, 4.69) is 4.98 Å². The van der Waals surface area contributed by atoms with Gasteiger partial charge in [0.25, 0.3) is 15.9 Å². The number of hydrogen-bond acceptors (Lipinski definition) is 6. The van der Waals surface area contributed by atoms with Crippen LogP contribution < -0.4 is 4.72 Å². The second-order valence-corrected chi connectivity index (χ2v) is 7.21. The molecule has 0 aliphatic heterocycles. The van der Waals surface area contributed by atoms with Crippen molar-refractivity contribution in [3.63, 3.8) is 0 Å². The summed E-state index contributed by atoms with van der Waals surface area (Å²) in [6, 6.07) is 10.2. The Kier molecular flexibility index (Phi) is 6.85. The maximum atomic E-state index is 12.1. The van der Waals surface area contributed by atoms with E-state index in [4.69, 9.17) is 4.74 Å². The zero-order valence-corrected chi connectivity index (χ0v) is 15.2. The molecule has 1 heterocycles. The smallest absolute Gasteiger partial charge is 0.356 e. The normalized spacial score (nSPS) is 11.0. The van der Waals surface area contributed by atoms with Gasteiger partial charge in [0, 0.05) is 6.20 Å². The summed E-state index contributed by atoms with van der Waals surface area (Å²) < 4.78 is 31.3. The second kappa shape index (κ2) is 9.10. The van der Waals surface area contributed by atoms with E-state index >= 15 is 0 Å². The fourth-order valence-electron chi connectivity index (χ4n) is 2.08. The molecule has 0 spiro atoms. The molecule has 0 unspecified atom stereocenters. The standard InChI is InChI=1S/C18H20N2O5S/c1-2-3-7-12-25-18(22)16-11-10-14(13-19-16)17(21)20-26(23,24)15-8-5-4-6-9-15/h4-6,8-11,13H,2-3,7,12H2,1H3,(H,20,21). The number of nitrogens with zero attached hydrogens (tertiary/aromatic N) is 1. The van der Waals surface area contributed by atoms with Crippen molar-refractivity contribution in [2.24, 2.45) is 0 Å². The molecule has 2 aromatic rings. The van der Waals surface area contributed by atoms with E-state index < -0.39 is 21.9 Å². The summed E-state index contributed by atoms with van der Waals surface area (Å²) in [5.74, 6) is -1.41. The molecule has 0 aliphatic carbocycles. The minimum atomic E-state index is -3.97. The molecule has 138 valence electrons. The summed E-state index contributed by atoms with van der Waals surface area (Å²) in [5.41, 5.74) is 0.0796. The summed E-state index contributed by atoms with van der Waals surface area (Å²) in [7, 11) is -3.97. The molecule has 0 fully saturated rings. The third-order valence-electron chi connectivity index (χ3n) is 3.50. The van der Waals surface area contributed by atoms with Crippen LogP contribution in [0.25, 0.3) is 0 Å². The number of unbranched alkanes of at least 4 members (excludes halogenated alkanes) is 2. The van der Waals surface area contributed by atoms with Crippen molar-refractivity contribution in [3.8, 4) is 0 Å². The van der Waals surface area contributed by atoms with Gasteiger partial charge in [-0.3, -0.25) is 4.79 Å². The second-order valence-electron chi connectivity index (χ2n) is 5.52. The molecule has 2 rings (SSSR count). The topological polar surface area (TPSA) is 102 Å². The van der Waals surface area contributed by atoms with Gasteiger partial charge in [-0.1, -0.05) is 38.0 Å². The number of sulfonamides is 1. The maximum Gasteiger partial charge on any atom is 0.356 e. The van der Waals surface area contributed by atoms with Crippen molar-refractivity contribution < 1.29 is 22.7 Å². The van der Waals surface area contributed by atoms with E-state index in [-0.39, 0.29) is 16.2 Å². The van der Waals surface area contributed by atoms with Crippen molar-refractivity contribution in [1.82, 2.24) is 9.71 Å². The van der Waals surface area contributed by atoms with Gasteiger partial charge in [0.05, 0.1) is 17.1 Å². The predicted octanol–water partition coefficient (Wildman–Crippen LogP) is 2.55. The largest absolute Gasteiger partial charge is 0.461 e. The molecule has 1 aromatic carbocycles. The van der Waals surface area contributed by atoms with Gasteiger partial charge in [0.2, 0.25) is 0 Å². The molecule has 7 nitrogen and oxygen atoms in total. The van der Waals surface area contributed by atoms with Gasteiger partial charge < -0.3 is 4.74 Å². The Morgan fingerprint density at radius 3 is 2.42 bits per heavy atom. The number of pyridine rings is 1. The van der Waals surface area contributed by atoms with Crippen LogP contribution in [0.4, 0.5) is 0 Å². The number of rotatable bonds is 8. The van der Waals surface area contributed by atoms with E-state index in [0.29, 0.717) is 6.61 Å². The summed E-state index contributed by atoms with van der Waals surface area (Å²) in [6.07, 6.45) is 3.90. The van der Waals surface area contributed by atoms with Gasteiger partial charge in [0.1, 0.15) is 5.69 Å². The molecule has 1 N–H and O–H groups in total. The van der Waals surface area contributed by atoms with Gasteiger partial charge in [-0.15, -0.1) is 0 Å². The lowest BCUT2D eigenvalue weighted by Crippen LogP contribution is -2.30. The molecule has 0 saturated carbocycles. The Balaban J connectivity index is 1.99. The number of carbonyl (C=O) groups is 2. The Hall–Kier alpha value is -2.74. The van der Waals surface area contributed by atoms with Crippen LogP contribution in [-0.4, -0.2) is 31.9 Å². The highest BCUT2D eigenvalue weighted by Crippen LogP contribution is 2.09. The summed E-state index contributed by atoms with van der Waals surface area (Å²) in [6.45, 7) is 2.36. The lowest BCUT2D eigenvalue weighted by molar-refractivity contribution is 0.0491. The number of benzene rings is 1. The molecule has 26 heavy (non-hydrogen) atoms. The average molecular weight is 376 g/mol. The van der Waals surface area contributed by atoms with E-state index in [1.54, 1.807) is 18.2 Å². The number of amides is 1. The highest BCUT2D eigenvalue weighted by atomic mass is 32.2. The fraction of sp³-hybridized carbons (Fsp3) is 0.278. The van der Waals surface area contributed by atoms with Crippen LogP contribution in [0, 0.1) is 0 Å². The Bertz CT molecular complexity index is 849. The quantitative estimate of drug-likeness (QED) is 0.561. The highest BCUT2D eigenvalue weighted by molar-refractivity contribution is 7.90. The molecule has 0 aliphatic rings.